The van der Waals surface area contributed by atoms with E-state index in [0.29, 0.717) is 5.92 Å². The summed E-state index contributed by atoms with van der Waals surface area (Å²) in [5.41, 5.74) is 4.75. The van der Waals surface area contributed by atoms with Crippen LogP contribution in [-0.4, -0.2) is 6.54 Å². The number of anilines is 1. The molecule has 0 aliphatic rings. The Labute approximate surface area is 128 Å². The Morgan fingerprint density at radius 1 is 1.05 bits per heavy atom. The van der Waals surface area contributed by atoms with E-state index in [-0.39, 0.29) is 0 Å². The largest absolute Gasteiger partial charge is 0.457 e. The minimum atomic E-state index is 0.506. The first-order valence-electron chi connectivity index (χ1n) is 7.64. The number of rotatable bonds is 5. The van der Waals surface area contributed by atoms with Gasteiger partial charge >= 0.3 is 0 Å². The predicted molar refractivity (Wildman–Crippen MR) is 90.7 cm³/mol. The molecule has 0 fully saturated rings. The quantitative estimate of drug-likeness (QED) is 0.765. The lowest BCUT2D eigenvalue weighted by Gasteiger charge is -2.15. The third kappa shape index (κ3) is 3.78. The lowest BCUT2D eigenvalue weighted by molar-refractivity contribution is 0.474. The van der Waals surface area contributed by atoms with E-state index in [2.05, 4.69) is 70.3 Å². The van der Waals surface area contributed by atoms with Crippen LogP contribution in [-0.2, 0) is 0 Å². The van der Waals surface area contributed by atoms with Gasteiger partial charge in [-0.3, -0.25) is 0 Å². The first-order valence-corrected chi connectivity index (χ1v) is 7.64. The molecule has 0 bridgehead atoms. The van der Waals surface area contributed by atoms with Gasteiger partial charge < -0.3 is 10.1 Å². The van der Waals surface area contributed by atoms with Crippen LogP contribution in [0.25, 0.3) is 0 Å². The van der Waals surface area contributed by atoms with Crippen molar-refractivity contribution in [3.8, 4) is 11.5 Å². The summed E-state index contributed by atoms with van der Waals surface area (Å²) in [5.74, 6) is 2.37. The molecule has 112 valence electrons. The van der Waals surface area contributed by atoms with Crippen LogP contribution in [0.2, 0.25) is 0 Å². The molecule has 2 rings (SSSR count). The molecule has 0 spiro atoms. The zero-order valence-electron chi connectivity index (χ0n) is 13.7. The summed E-state index contributed by atoms with van der Waals surface area (Å²) in [5, 5.41) is 3.35. The SMILES string of the molecule is CCNc1cc(C)c(Oc2cccc(C(C)C)c2)c(C)c1. The predicted octanol–water partition coefficient (Wildman–Crippen LogP) is 5.65. The molecule has 0 heterocycles. The summed E-state index contributed by atoms with van der Waals surface area (Å²) < 4.78 is 6.14. The third-order valence-corrected chi connectivity index (χ3v) is 3.59. The molecule has 0 saturated carbocycles. The normalized spacial score (nSPS) is 10.8. The maximum Gasteiger partial charge on any atom is 0.133 e. The van der Waals surface area contributed by atoms with Gasteiger partial charge in [-0.1, -0.05) is 26.0 Å². The molecule has 0 amide bonds. The van der Waals surface area contributed by atoms with Crippen molar-refractivity contribution in [3.63, 3.8) is 0 Å². The van der Waals surface area contributed by atoms with Crippen LogP contribution in [0.3, 0.4) is 0 Å². The molecule has 0 saturated heterocycles. The molecule has 0 unspecified atom stereocenters. The Bertz CT molecular complexity index is 594. The van der Waals surface area contributed by atoms with E-state index in [1.807, 2.05) is 6.07 Å². The summed E-state index contributed by atoms with van der Waals surface area (Å²) in [6.07, 6.45) is 0. The average molecular weight is 283 g/mol. The molecule has 2 aromatic rings. The topological polar surface area (TPSA) is 21.3 Å². The fourth-order valence-electron chi connectivity index (χ4n) is 2.47. The molecule has 2 heteroatoms. The van der Waals surface area contributed by atoms with Crippen molar-refractivity contribution >= 4 is 5.69 Å². The van der Waals surface area contributed by atoms with Gasteiger partial charge in [0.1, 0.15) is 11.5 Å². The molecule has 0 aliphatic carbocycles. The van der Waals surface area contributed by atoms with Crippen molar-refractivity contribution in [1.82, 2.24) is 0 Å². The fourth-order valence-corrected chi connectivity index (χ4v) is 2.47. The van der Waals surface area contributed by atoms with E-state index >= 15 is 0 Å². The van der Waals surface area contributed by atoms with Crippen molar-refractivity contribution < 1.29 is 4.74 Å². The Kier molecular flexibility index (Phi) is 4.89. The lowest BCUT2D eigenvalue weighted by atomic mass is 10.0. The number of ether oxygens (including phenoxy) is 1. The summed E-state index contributed by atoms with van der Waals surface area (Å²) in [6, 6.07) is 12.6. The van der Waals surface area contributed by atoms with Gasteiger partial charge in [0, 0.05) is 12.2 Å². The van der Waals surface area contributed by atoms with Crippen LogP contribution in [0.4, 0.5) is 5.69 Å². The summed E-state index contributed by atoms with van der Waals surface area (Å²) in [4.78, 5) is 0. The summed E-state index contributed by atoms with van der Waals surface area (Å²) >= 11 is 0. The monoisotopic (exact) mass is 283 g/mol. The molecule has 2 nitrogen and oxygen atoms in total. The third-order valence-electron chi connectivity index (χ3n) is 3.59. The second-order valence-corrected chi connectivity index (χ2v) is 5.80. The highest BCUT2D eigenvalue weighted by Gasteiger charge is 2.08. The van der Waals surface area contributed by atoms with Gasteiger partial charge in [0.25, 0.3) is 0 Å². The highest BCUT2D eigenvalue weighted by Crippen LogP contribution is 2.32. The highest BCUT2D eigenvalue weighted by atomic mass is 16.5. The van der Waals surface area contributed by atoms with Crippen LogP contribution in [0.15, 0.2) is 36.4 Å². The van der Waals surface area contributed by atoms with E-state index in [9.17, 15) is 0 Å². The van der Waals surface area contributed by atoms with Gasteiger partial charge in [-0.05, 0) is 67.6 Å². The number of hydrogen-bond donors (Lipinski definition) is 1. The average Bonchev–Trinajstić information content (AvgIpc) is 2.43. The van der Waals surface area contributed by atoms with Gasteiger partial charge in [0.05, 0.1) is 0 Å². The van der Waals surface area contributed by atoms with Crippen molar-refractivity contribution in [1.29, 1.82) is 0 Å². The molecule has 2 aromatic carbocycles. The molecule has 0 aliphatic heterocycles. The minimum absolute atomic E-state index is 0.506. The van der Waals surface area contributed by atoms with E-state index in [1.165, 1.54) is 5.56 Å². The molecule has 21 heavy (non-hydrogen) atoms. The molecule has 0 atom stereocenters. The lowest BCUT2D eigenvalue weighted by Crippen LogP contribution is -1.99. The zero-order chi connectivity index (χ0) is 15.4. The second-order valence-electron chi connectivity index (χ2n) is 5.80. The summed E-state index contributed by atoms with van der Waals surface area (Å²) in [6.45, 7) is 11.6. The number of benzene rings is 2. The molecule has 0 radical (unpaired) electrons. The molecule has 1 N–H and O–H groups in total. The first-order chi connectivity index (χ1) is 10.0. The standard InChI is InChI=1S/C19H25NO/c1-6-20-17-10-14(4)19(15(5)11-17)21-18-9-7-8-16(12-18)13(2)3/h7-13,20H,6H2,1-5H3. The second kappa shape index (κ2) is 6.66. The van der Waals surface area contributed by atoms with Gasteiger partial charge in [0.15, 0.2) is 0 Å². The Balaban J connectivity index is 2.29. The van der Waals surface area contributed by atoms with Gasteiger partial charge in [0.2, 0.25) is 0 Å². The maximum absolute atomic E-state index is 6.14. The van der Waals surface area contributed by atoms with E-state index in [4.69, 9.17) is 4.74 Å². The molecular formula is C19H25NO. The zero-order valence-corrected chi connectivity index (χ0v) is 13.7. The van der Waals surface area contributed by atoms with E-state index in [1.54, 1.807) is 0 Å². The van der Waals surface area contributed by atoms with Crippen LogP contribution in [0.1, 0.15) is 43.4 Å². The first kappa shape index (κ1) is 15.4. The van der Waals surface area contributed by atoms with Crippen molar-refractivity contribution in [2.75, 3.05) is 11.9 Å². The van der Waals surface area contributed by atoms with Crippen molar-refractivity contribution in [2.24, 2.45) is 0 Å². The van der Waals surface area contributed by atoms with Gasteiger partial charge in [-0.25, -0.2) is 0 Å². The van der Waals surface area contributed by atoms with Gasteiger partial charge in [-0.15, -0.1) is 0 Å². The van der Waals surface area contributed by atoms with Crippen LogP contribution < -0.4 is 10.1 Å². The Morgan fingerprint density at radius 2 is 1.71 bits per heavy atom. The fraction of sp³-hybridized carbons (Fsp3) is 0.368. The summed E-state index contributed by atoms with van der Waals surface area (Å²) in [7, 11) is 0. The Hall–Kier alpha value is -1.96. The Morgan fingerprint density at radius 3 is 2.29 bits per heavy atom. The van der Waals surface area contributed by atoms with Crippen molar-refractivity contribution in [3.05, 3.63) is 53.1 Å². The van der Waals surface area contributed by atoms with E-state index < -0.39 is 0 Å². The van der Waals surface area contributed by atoms with Crippen LogP contribution in [0, 0.1) is 13.8 Å². The minimum Gasteiger partial charge on any atom is -0.457 e. The smallest absolute Gasteiger partial charge is 0.133 e. The van der Waals surface area contributed by atoms with Gasteiger partial charge in [-0.2, -0.15) is 0 Å². The van der Waals surface area contributed by atoms with Crippen LogP contribution >= 0.6 is 0 Å². The number of hydrogen-bond acceptors (Lipinski definition) is 2. The van der Waals surface area contributed by atoms with Crippen molar-refractivity contribution in [2.45, 2.75) is 40.5 Å². The molecular weight excluding hydrogens is 258 g/mol. The van der Waals surface area contributed by atoms with E-state index in [0.717, 1.165) is 34.9 Å². The maximum atomic E-state index is 6.14. The number of nitrogens with one attached hydrogen (secondary N) is 1. The number of aryl methyl sites for hydroxylation is 2. The highest BCUT2D eigenvalue weighted by molar-refractivity contribution is 5.56. The molecule has 0 aromatic heterocycles. The van der Waals surface area contributed by atoms with Crippen LogP contribution in [0.5, 0.6) is 11.5 Å².